The van der Waals surface area contributed by atoms with Crippen molar-refractivity contribution < 1.29 is 9.59 Å². The van der Waals surface area contributed by atoms with E-state index in [1.54, 1.807) is 31.6 Å². The van der Waals surface area contributed by atoms with E-state index in [9.17, 15) is 14.4 Å². The quantitative estimate of drug-likeness (QED) is 0.774. The van der Waals surface area contributed by atoms with Crippen molar-refractivity contribution in [3.63, 3.8) is 0 Å². The van der Waals surface area contributed by atoms with E-state index >= 15 is 0 Å². The highest BCUT2D eigenvalue weighted by atomic mass is 32.2. The zero-order valence-corrected chi connectivity index (χ0v) is 16.9. The van der Waals surface area contributed by atoms with Gasteiger partial charge in [0.1, 0.15) is 10.6 Å². The van der Waals surface area contributed by atoms with Crippen molar-refractivity contribution in [1.82, 2.24) is 19.8 Å². The van der Waals surface area contributed by atoms with E-state index < -0.39 is 0 Å². The second-order valence-electron chi connectivity index (χ2n) is 6.84. The topological polar surface area (TPSA) is 84.3 Å². The molecule has 7 nitrogen and oxygen atoms in total. The van der Waals surface area contributed by atoms with Crippen LogP contribution < -0.4 is 10.9 Å². The van der Waals surface area contributed by atoms with E-state index in [1.807, 2.05) is 17.2 Å². The molecule has 0 saturated carbocycles. The SMILES string of the molecule is CSc1ncccc1C(=O)N1CCC(CNC(=O)c2cccn(C)c2=O)CC1. The summed E-state index contributed by atoms with van der Waals surface area (Å²) in [6, 6.07) is 6.81. The van der Waals surface area contributed by atoms with Crippen LogP contribution in [0.5, 0.6) is 0 Å². The first kappa shape index (κ1) is 20.1. The number of aryl methyl sites for hydroxylation is 1. The summed E-state index contributed by atoms with van der Waals surface area (Å²) < 4.78 is 1.39. The Morgan fingerprint density at radius 2 is 1.93 bits per heavy atom. The molecule has 1 aliphatic heterocycles. The van der Waals surface area contributed by atoms with Gasteiger partial charge in [0, 0.05) is 39.1 Å². The van der Waals surface area contributed by atoms with Crippen LogP contribution in [0.4, 0.5) is 0 Å². The molecular formula is C20H24N4O3S. The van der Waals surface area contributed by atoms with E-state index in [0.29, 0.717) is 25.2 Å². The molecular weight excluding hydrogens is 376 g/mol. The Labute approximate surface area is 168 Å². The van der Waals surface area contributed by atoms with Crippen LogP contribution in [-0.4, -0.2) is 52.2 Å². The van der Waals surface area contributed by atoms with Gasteiger partial charge in [0.25, 0.3) is 17.4 Å². The first-order chi connectivity index (χ1) is 13.5. The predicted octanol–water partition coefficient (Wildman–Crippen LogP) is 1.78. The number of nitrogens with one attached hydrogen (secondary N) is 1. The summed E-state index contributed by atoms with van der Waals surface area (Å²) in [4.78, 5) is 43.2. The highest BCUT2D eigenvalue weighted by molar-refractivity contribution is 7.98. The lowest BCUT2D eigenvalue weighted by Gasteiger charge is -2.32. The molecule has 2 aromatic heterocycles. The monoisotopic (exact) mass is 400 g/mol. The number of nitrogens with zero attached hydrogens (tertiary/aromatic N) is 3. The Morgan fingerprint density at radius 1 is 1.21 bits per heavy atom. The summed E-state index contributed by atoms with van der Waals surface area (Å²) in [6.45, 7) is 1.80. The second-order valence-corrected chi connectivity index (χ2v) is 7.64. The van der Waals surface area contributed by atoms with Crippen LogP contribution in [-0.2, 0) is 7.05 Å². The third-order valence-electron chi connectivity index (χ3n) is 5.02. The van der Waals surface area contributed by atoms with Crippen LogP contribution in [0, 0.1) is 5.92 Å². The lowest BCUT2D eigenvalue weighted by molar-refractivity contribution is 0.0680. The highest BCUT2D eigenvalue weighted by Crippen LogP contribution is 2.22. The zero-order valence-electron chi connectivity index (χ0n) is 16.1. The normalized spacial score (nSPS) is 14.7. The van der Waals surface area contributed by atoms with E-state index in [-0.39, 0.29) is 28.9 Å². The molecule has 0 aliphatic carbocycles. The fourth-order valence-corrected chi connectivity index (χ4v) is 3.87. The van der Waals surface area contributed by atoms with Crippen LogP contribution in [0.15, 0.2) is 46.5 Å². The first-order valence-electron chi connectivity index (χ1n) is 9.23. The number of likely N-dealkylation sites (tertiary alicyclic amines) is 1. The molecule has 3 heterocycles. The number of pyridine rings is 2. The van der Waals surface area contributed by atoms with Crippen LogP contribution in [0.25, 0.3) is 0 Å². The molecule has 28 heavy (non-hydrogen) atoms. The number of amides is 2. The molecule has 0 aromatic carbocycles. The molecule has 3 rings (SSSR count). The molecule has 0 unspecified atom stereocenters. The molecule has 2 aromatic rings. The highest BCUT2D eigenvalue weighted by Gasteiger charge is 2.25. The van der Waals surface area contributed by atoms with Gasteiger partial charge in [0.05, 0.1) is 5.56 Å². The maximum atomic E-state index is 12.8. The molecule has 1 N–H and O–H groups in total. The average Bonchev–Trinajstić information content (AvgIpc) is 2.73. The van der Waals surface area contributed by atoms with Gasteiger partial charge in [-0.15, -0.1) is 11.8 Å². The van der Waals surface area contributed by atoms with Crippen LogP contribution in [0.2, 0.25) is 0 Å². The number of carbonyl (C=O) groups is 2. The van der Waals surface area contributed by atoms with Gasteiger partial charge >= 0.3 is 0 Å². The van der Waals surface area contributed by atoms with Crippen molar-refractivity contribution >= 4 is 23.6 Å². The Bertz CT molecular complexity index is 920. The van der Waals surface area contributed by atoms with Gasteiger partial charge in [-0.05, 0) is 49.3 Å². The largest absolute Gasteiger partial charge is 0.352 e. The summed E-state index contributed by atoms with van der Waals surface area (Å²) in [6.07, 6.45) is 6.85. The minimum Gasteiger partial charge on any atom is -0.352 e. The molecule has 8 heteroatoms. The van der Waals surface area contributed by atoms with Gasteiger partial charge in [-0.1, -0.05) is 0 Å². The Balaban J connectivity index is 1.53. The number of hydrogen-bond donors (Lipinski definition) is 1. The van der Waals surface area contributed by atoms with Crippen LogP contribution in [0.1, 0.15) is 33.6 Å². The summed E-state index contributed by atoms with van der Waals surface area (Å²) in [5, 5.41) is 3.60. The lowest BCUT2D eigenvalue weighted by atomic mass is 9.96. The molecule has 1 saturated heterocycles. The third-order valence-corrected chi connectivity index (χ3v) is 5.73. The summed E-state index contributed by atoms with van der Waals surface area (Å²) in [7, 11) is 1.62. The van der Waals surface area contributed by atoms with E-state index in [0.717, 1.165) is 17.9 Å². The van der Waals surface area contributed by atoms with Gasteiger partial charge in [0.15, 0.2) is 0 Å². The summed E-state index contributed by atoms with van der Waals surface area (Å²) >= 11 is 1.47. The average molecular weight is 401 g/mol. The fourth-order valence-electron chi connectivity index (χ4n) is 3.33. The smallest absolute Gasteiger partial charge is 0.263 e. The molecule has 1 fully saturated rings. The van der Waals surface area contributed by atoms with Gasteiger partial charge in [-0.3, -0.25) is 14.4 Å². The number of hydrogen-bond acceptors (Lipinski definition) is 5. The van der Waals surface area contributed by atoms with Crippen molar-refractivity contribution in [2.24, 2.45) is 13.0 Å². The molecule has 0 spiro atoms. The number of rotatable bonds is 5. The van der Waals surface area contributed by atoms with Crippen LogP contribution >= 0.6 is 11.8 Å². The molecule has 0 bridgehead atoms. The van der Waals surface area contributed by atoms with Gasteiger partial charge < -0.3 is 14.8 Å². The maximum Gasteiger partial charge on any atom is 0.263 e. The molecule has 0 radical (unpaired) electrons. The summed E-state index contributed by atoms with van der Waals surface area (Å²) in [5.41, 5.74) is 0.488. The van der Waals surface area contributed by atoms with Crippen molar-refractivity contribution in [3.8, 4) is 0 Å². The van der Waals surface area contributed by atoms with E-state index in [2.05, 4.69) is 10.3 Å². The van der Waals surface area contributed by atoms with Crippen molar-refractivity contribution in [2.75, 3.05) is 25.9 Å². The van der Waals surface area contributed by atoms with Crippen LogP contribution in [0.3, 0.4) is 0 Å². The minimum absolute atomic E-state index is 0.00715. The Morgan fingerprint density at radius 3 is 2.64 bits per heavy atom. The third kappa shape index (κ3) is 4.44. The fraction of sp³-hybridized carbons (Fsp3) is 0.400. The lowest BCUT2D eigenvalue weighted by Crippen LogP contribution is -2.42. The first-order valence-corrected chi connectivity index (χ1v) is 10.5. The maximum absolute atomic E-state index is 12.8. The van der Waals surface area contributed by atoms with Crippen molar-refractivity contribution in [3.05, 3.63) is 58.1 Å². The van der Waals surface area contributed by atoms with Crippen molar-refractivity contribution in [1.29, 1.82) is 0 Å². The van der Waals surface area contributed by atoms with Gasteiger partial charge in [0.2, 0.25) is 0 Å². The molecule has 2 amide bonds. The Kier molecular flexibility index (Phi) is 6.51. The molecule has 1 aliphatic rings. The van der Waals surface area contributed by atoms with E-state index in [1.165, 1.54) is 22.4 Å². The number of thioether (sulfide) groups is 1. The van der Waals surface area contributed by atoms with Gasteiger partial charge in [-0.2, -0.15) is 0 Å². The summed E-state index contributed by atoms with van der Waals surface area (Å²) in [5.74, 6) is -0.0538. The van der Waals surface area contributed by atoms with Crippen molar-refractivity contribution in [2.45, 2.75) is 17.9 Å². The number of piperidine rings is 1. The predicted molar refractivity (Wildman–Crippen MR) is 109 cm³/mol. The Hall–Kier alpha value is -2.61. The standard InChI is InChI=1S/C20H24N4O3S/c1-23-10-4-6-15(19(23)26)17(25)22-13-14-7-11-24(12-8-14)20(27)16-5-3-9-21-18(16)28-2/h3-6,9-10,14H,7-8,11-13H2,1-2H3,(H,22,25). The number of aromatic nitrogens is 2. The second kappa shape index (κ2) is 9.05. The zero-order chi connectivity index (χ0) is 20.1. The van der Waals surface area contributed by atoms with Gasteiger partial charge in [-0.25, -0.2) is 4.98 Å². The molecule has 148 valence electrons. The minimum atomic E-state index is -0.348. The van der Waals surface area contributed by atoms with E-state index in [4.69, 9.17) is 0 Å². The molecule has 0 atom stereocenters. The number of carbonyl (C=O) groups excluding carboxylic acids is 2.